The van der Waals surface area contributed by atoms with E-state index in [-0.39, 0.29) is 30.0 Å². The highest BCUT2D eigenvalue weighted by atomic mass is 16.5. The van der Waals surface area contributed by atoms with Gasteiger partial charge in [0.1, 0.15) is 5.82 Å². The first-order valence-corrected chi connectivity index (χ1v) is 8.13. The molecule has 136 valence electrons. The van der Waals surface area contributed by atoms with Crippen LogP contribution in [0.2, 0.25) is 0 Å². The standard InChI is InChI=1S/C16H22N4O5/c1-3-25-16(24)11-4-6-20(7-5-11)14(21)10-19(2)13-9-17-12(8-18-13)15(22)23/h8-9,11H,3-7,10H2,1-2H3,(H,22,23). The van der Waals surface area contributed by atoms with Crippen LogP contribution in [0.5, 0.6) is 0 Å². The number of nitrogens with zero attached hydrogens (tertiary/aromatic N) is 4. The fraction of sp³-hybridized carbons (Fsp3) is 0.562. The maximum atomic E-state index is 12.4. The van der Waals surface area contributed by atoms with E-state index in [2.05, 4.69) is 9.97 Å². The predicted molar refractivity (Wildman–Crippen MR) is 88.2 cm³/mol. The van der Waals surface area contributed by atoms with Crippen LogP contribution in [-0.2, 0) is 14.3 Å². The SMILES string of the molecule is CCOC(=O)C1CCN(C(=O)CN(C)c2cnc(C(=O)O)cn2)CC1. The van der Waals surface area contributed by atoms with Crippen LogP contribution in [0.25, 0.3) is 0 Å². The Morgan fingerprint density at radius 3 is 2.48 bits per heavy atom. The van der Waals surface area contributed by atoms with Crippen molar-refractivity contribution in [2.75, 3.05) is 38.2 Å². The number of hydrogen-bond acceptors (Lipinski definition) is 7. The molecule has 1 aliphatic rings. The molecule has 0 aliphatic carbocycles. The fourth-order valence-electron chi connectivity index (χ4n) is 2.64. The zero-order valence-electron chi connectivity index (χ0n) is 14.3. The number of likely N-dealkylation sites (tertiary alicyclic amines) is 1. The third-order valence-corrected chi connectivity index (χ3v) is 4.09. The van der Waals surface area contributed by atoms with Crippen LogP contribution < -0.4 is 4.90 Å². The molecule has 0 saturated carbocycles. The highest BCUT2D eigenvalue weighted by molar-refractivity contribution is 5.85. The van der Waals surface area contributed by atoms with Crippen LogP contribution in [0, 0.1) is 5.92 Å². The lowest BCUT2D eigenvalue weighted by atomic mass is 9.97. The number of amides is 1. The van der Waals surface area contributed by atoms with Crippen molar-refractivity contribution in [1.82, 2.24) is 14.9 Å². The zero-order valence-corrected chi connectivity index (χ0v) is 14.3. The van der Waals surface area contributed by atoms with E-state index < -0.39 is 5.97 Å². The first-order chi connectivity index (χ1) is 11.9. The van der Waals surface area contributed by atoms with E-state index in [1.807, 2.05) is 0 Å². The van der Waals surface area contributed by atoms with Crippen LogP contribution in [-0.4, -0.2) is 71.1 Å². The minimum absolute atomic E-state index is 0.0751. The van der Waals surface area contributed by atoms with Gasteiger partial charge in [0, 0.05) is 20.1 Å². The van der Waals surface area contributed by atoms with Gasteiger partial charge in [-0.3, -0.25) is 9.59 Å². The van der Waals surface area contributed by atoms with Gasteiger partial charge in [0.2, 0.25) is 5.91 Å². The van der Waals surface area contributed by atoms with Crippen LogP contribution in [0.15, 0.2) is 12.4 Å². The molecule has 0 atom stereocenters. The largest absolute Gasteiger partial charge is 0.476 e. The smallest absolute Gasteiger partial charge is 0.356 e. The summed E-state index contributed by atoms with van der Waals surface area (Å²) in [5.41, 5.74) is -0.149. The molecular weight excluding hydrogens is 328 g/mol. The van der Waals surface area contributed by atoms with E-state index in [4.69, 9.17) is 9.84 Å². The van der Waals surface area contributed by atoms with E-state index in [9.17, 15) is 14.4 Å². The van der Waals surface area contributed by atoms with E-state index in [0.717, 1.165) is 6.20 Å². The Morgan fingerprint density at radius 2 is 1.96 bits per heavy atom. The summed E-state index contributed by atoms with van der Waals surface area (Å²) in [5, 5.41) is 8.81. The Hall–Kier alpha value is -2.71. The first kappa shape index (κ1) is 18.6. The van der Waals surface area contributed by atoms with Crippen molar-refractivity contribution in [3.05, 3.63) is 18.1 Å². The number of aromatic carboxylic acids is 1. The molecule has 1 aromatic heterocycles. The molecule has 1 amide bonds. The van der Waals surface area contributed by atoms with Crippen molar-refractivity contribution >= 4 is 23.7 Å². The number of carboxylic acids is 1. The molecular formula is C16H22N4O5. The van der Waals surface area contributed by atoms with Gasteiger partial charge in [0.05, 0.1) is 31.5 Å². The number of likely N-dealkylation sites (N-methyl/N-ethyl adjacent to an activating group) is 1. The van der Waals surface area contributed by atoms with E-state index >= 15 is 0 Å². The molecule has 0 unspecified atom stereocenters. The molecule has 0 spiro atoms. The number of ether oxygens (including phenoxy) is 1. The lowest BCUT2D eigenvalue weighted by Crippen LogP contribution is -2.44. The normalized spacial score (nSPS) is 14.9. The lowest BCUT2D eigenvalue weighted by molar-refractivity contribution is -0.151. The summed E-state index contributed by atoms with van der Waals surface area (Å²) >= 11 is 0. The van der Waals surface area contributed by atoms with Crippen LogP contribution >= 0.6 is 0 Å². The highest BCUT2D eigenvalue weighted by Gasteiger charge is 2.28. The van der Waals surface area contributed by atoms with E-state index in [1.165, 1.54) is 6.20 Å². The summed E-state index contributed by atoms with van der Waals surface area (Å²) < 4.78 is 5.02. The van der Waals surface area contributed by atoms with Crippen LogP contribution in [0.4, 0.5) is 5.82 Å². The number of esters is 1. The Labute approximate surface area is 145 Å². The van der Waals surface area contributed by atoms with Gasteiger partial charge >= 0.3 is 11.9 Å². The second kappa shape index (κ2) is 8.41. The number of carbonyl (C=O) groups is 3. The maximum absolute atomic E-state index is 12.4. The van der Waals surface area contributed by atoms with Gasteiger partial charge < -0.3 is 19.6 Å². The van der Waals surface area contributed by atoms with Gasteiger partial charge in [-0.05, 0) is 19.8 Å². The lowest BCUT2D eigenvalue weighted by Gasteiger charge is -2.32. The molecule has 2 rings (SSSR count). The monoisotopic (exact) mass is 350 g/mol. The zero-order chi connectivity index (χ0) is 18.4. The summed E-state index contributed by atoms with van der Waals surface area (Å²) in [6.07, 6.45) is 3.68. The fourth-order valence-corrected chi connectivity index (χ4v) is 2.64. The maximum Gasteiger partial charge on any atom is 0.356 e. The van der Waals surface area contributed by atoms with Crippen molar-refractivity contribution in [1.29, 1.82) is 0 Å². The van der Waals surface area contributed by atoms with Gasteiger partial charge in [-0.15, -0.1) is 0 Å². The van der Waals surface area contributed by atoms with E-state index in [0.29, 0.717) is 38.4 Å². The van der Waals surface area contributed by atoms with Gasteiger partial charge in [-0.2, -0.15) is 0 Å². The van der Waals surface area contributed by atoms with Gasteiger partial charge in [-0.25, -0.2) is 14.8 Å². The molecule has 2 heterocycles. The molecule has 9 nitrogen and oxygen atoms in total. The Balaban J connectivity index is 1.85. The third kappa shape index (κ3) is 4.88. The molecule has 1 aromatic rings. The topological polar surface area (TPSA) is 113 Å². The molecule has 0 aromatic carbocycles. The molecule has 9 heteroatoms. The molecule has 0 radical (unpaired) electrons. The summed E-state index contributed by atoms with van der Waals surface area (Å²) in [6.45, 7) is 3.27. The average molecular weight is 350 g/mol. The summed E-state index contributed by atoms with van der Waals surface area (Å²) in [5.74, 6) is -1.15. The molecule has 1 saturated heterocycles. The number of hydrogen-bond donors (Lipinski definition) is 1. The summed E-state index contributed by atoms with van der Waals surface area (Å²) in [7, 11) is 1.69. The molecule has 1 fully saturated rings. The van der Waals surface area contributed by atoms with E-state index in [1.54, 1.807) is 23.8 Å². The Morgan fingerprint density at radius 1 is 1.28 bits per heavy atom. The third-order valence-electron chi connectivity index (χ3n) is 4.09. The summed E-state index contributed by atoms with van der Waals surface area (Å²) in [6, 6.07) is 0. The second-order valence-electron chi connectivity index (χ2n) is 5.83. The number of rotatable bonds is 6. The highest BCUT2D eigenvalue weighted by Crippen LogP contribution is 2.19. The average Bonchev–Trinajstić information content (AvgIpc) is 2.62. The predicted octanol–water partition coefficient (Wildman–Crippen LogP) is 0.413. The van der Waals surface area contributed by atoms with Gasteiger partial charge in [0.15, 0.2) is 5.69 Å². The Kier molecular flexibility index (Phi) is 6.26. The molecule has 25 heavy (non-hydrogen) atoms. The molecule has 1 N–H and O–H groups in total. The Bertz CT molecular complexity index is 626. The molecule has 1 aliphatic heterocycles. The number of anilines is 1. The van der Waals surface area contributed by atoms with Crippen LogP contribution in [0.1, 0.15) is 30.3 Å². The summed E-state index contributed by atoms with van der Waals surface area (Å²) in [4.78, 5) is 46.0. The van der Waals surface area contributed by atoms with Gasteiger partial charge in [-0.1, -0.05) is 0 Å². The number of carbonyl (C=O) groups excluding carboxylic acids is 2. The minimum Gasteiger partial charge on any atom is -0.476 e. The minimum atomic E-state index is -1.15. The van der Waals surface area contributed by atoms with Crippen LogP contribution in [0.3, 0.4) is 0 Å². The quantitative estimate of drug-likeness (QED) is 0.734. The second-order valence-corrected chi connectivity index (χ2v) is 5.83. The first-order valence-electron chi connectivity index (χ1n) is 8.13. The number of aromatic nitrogens is 2. The van der Waals surface area contributed by atoms with Crippen molar-refractivity contribution in [2.24, 2.45) is 5.92 Å². The van der Waals surface area contributed by atoms with Crippen molar-refractivity contribution < 1.29 is 24.2 Å². The van der Waals surface area contributed by atoms with Gasteiger partial charge in [0.25, 0.3) is 0 Å². The van der Waals surface area contributed by atoms with Crippen molar-refractivity contribution in [2.45, 2.75) is 19.8 Å². The number of carboxylic acid groups (broad SMARTS) is 1. The van der Waals surface area contributed by atoms with Crippen molar-refractivity contribution in [3.63, 3.8) is 0 Å². The molecule has 0 bridgehead atoms. The number of piperidine rings is 1. The van der Waals surface area contributed by atoms with Crippen molar-refractivity contribution in [3.8, 4) is 0 Å².